The van der Waals surface area contributed by atoms with Gasteiger partial charge in [-0.05, 0) is 38.6 Å². The lowest BCUT2D eigenvalue weighted by atomic mass is 9.97. The monoisotopic (exact) mass is 212 g/mol. The average Bonchev–Trinajstić information content (AvgIpc) is 2.57. The van der Waals surface area contributed by atoms with E-state index < -0.39 is 0 Å². The molecule has 2 aliphatic rings. The molecule has 3 nitrogen and oxygen atoms in total. The van der Waals surface area contributed by atoms with E-state index in [1.165, 1.54) is 45.1 Å². The molecule has 2 aliphatic heterocycles. The summed E-state index contributed by atoms with van der Waals surface area (Å²) in [5.41, 5.74) is 5.87. The number of likely N-dealkylation sites (tertiary alicyclic amines) is 1. The van der Waals surface area contributed by atoms with Gasteiger partial charge in [0, 0.05) is 31.8 Å². The summed E-state index contributed by atoms with van der Waals surface area (Å²) in [7, 11) is 0. The zero-order valence-electron chi connectivity index (χ0n) is 9.66. The van der Waals surface area contributed by atoms with Crippen molar-refractivity contribution in [2.45, 2.75) is 50.6 Å². The Morgan fingerprint density at radius 1 is 1.07 bits per heavy atom. The minimum atomic E-state index is 0.641. The van der Waals surface area contributed by atoms with Crippen molar-refractivity contribution < 1.29 is 4.74 Å². The quantitative estimate of drug-likeness (QED) is 0.751. The van der Waals surface area contributed by atoms with Crippen LogP contribution in [0.3, 0.4) is 0 Å². The van der Waals surface area contributed by atoms with Gasteiger partial charge < -0.3 is 10.5 Å². The number of piperidine rings is 1. The third kappa shape index (κ3) is 2.92. The van der Waals surface area contributed by atoms with E-state index >= 15 is 0 Å². The molecule has 2 rings (SSSR count). The molecule has 0 amide bonds. The van der Waals surface area contributed by atoms with Crippen LogP contribution in [0.1, 0.15) is 38.5 Å². The second-order valence-electron chi connectivity index (χ2n) is 4.82. The highest BCUT2D eigenvalue weighted by Crippen LogP contribution is 2.24. The molecule has 2 atom stereocenters. The van der Waals surface area contributed by atoms with Gasteiger partial charge in [-0.1, -0.05) is 6.42 Å². The molecule has 0 aromatic rings. The molecule has 0 bridgehead atoms. The summed E-state index contributed by atoms with van der Waals surface area (Å²) < 4.78 is 5.53. The van der Waals surface area contributed by atoms with Gasteiger partial charge in [0.05, 0.1) is 0 Å². The summed E-state index contributed by atoms with van der Waals surface area (Å²) >= 11 is 0. The van der Waals surface area contributed by atoms with Crippen LogP contribution in [0.25, 0.3) is 0 Å². The molecule has 2 N–H and O–H groups in total. The summed E-state index contributed by atoms with van der Waals surface area (Å²) in [5.74, 6) is 0. The molecule has 2 saturated heterocycles. The van der Waals surface area contributed by atoms with Gasteiger partial charge in [0.15, 0.2) is 0 Å². The Kier molecular flexibility index (Phi) is 4.42. The molecule has 3 heteroatoms. The molecule has 0 aliphatic carbocycles. The third-order valence-electron chi connectivity index (χ3n) is 3.84. The first kappa shape index (κ1) is 11.4. The molecule has 0 aromatic carbocycles. The standard InChI is InChI=1S/C12H24N2O/c13-10-12-4-1-2-7-14(12)11-5-3-8-15-9-6-11/h11-12H,1-10,13H2. The SMILES string of the molecule is NCC1CCCCN1C1CCCOCC1. The predicted molar refractivity (Wildman–Crippen MR) is 61.9 cm³/mol. The first-order valence-electron chi connectivity index (χ1n) is 6.45. The van der Waals surface area contributed by atoms with E-state index in [1.54, 1.807) is 0 Å². The van der Waals surface area contributed by atoms with Crippen LogP contribution in [0.2, 0.25) is 0 Å². The van der Waals surface area contributed by atoms with Crippen molar-refractivity contribution in [1.82, 2.24) is 4.90 Å². The zero-order chi connectivity index (χ0) is 10.5. The van der Waals surface area contributed by atoms with Crippen molar-refractivity contribution in [3.63, 3.8) is 0 Å². The fraction of sp³-hybridized carbons (Fsp3) is 1.00. The lowest BCUT2D eigenvalue weighted by Gasteiger charge is -2.40. The minimum Gasteiger partial charge on any atom is -0.381 e. The van der Waals surface area contributed by atoms with Crippen LogP contribution in [0, 0.1) is 0 Å². The molecule has 88 valence electrons. The van der Waals surface area contributed by atoms with Gasteiger partial charge in [-0.3, -0.25) is 4.90 Å². The van der Waals surface area contributed by atoms with Gasteiger partial charge in [-0.25, -0.2) is 0 Å². The van der Waals surface area contributed by atoms with Gasteiger partial charge in [-0.15, -0.1) is 0 Å². The maximum absolute atomic E-state index is 5.87. The lowest BCUT2D eigenvalue weighted by Crippen LogP contribution is -2.49. The number of nitrogens with zero attached hydrogens (tertiary/aromatic N) is 1. The van der Waals surface area contributed by atoms with Crippen LogP contribution in [0.4, 0.5) is 0 Å². The lowest BCUT2D eigenvalue weighted by molar-refractivity contribution is 0.0813. The van der Waals surface area contributed by atoms with E-state index in [1.807, 2.05) is 0 Å². The summed E-state index contributed by atoms with van der Waals surface area (Å²) in [4.78, 5) is 2.66. The summed E-state index contributed by atoms with van der Waals surface area (Å²) in [6.45, 7) is 3.99. The molecule has 15 heavy (non-hydrogen) atoms. The Bertz CT molecular complexity index is 178. The molecule has 2 unspecified atom stereocenters. The Hall–Kier alpha value is -0.120. The van der Waals surface area contributed by atoms with Crippen molar-refractivity contribution >= 4 is 0 Å². The highest BCUT2D eigenvalue weighted by Gasteiger charge is 2.28. The van der Waals surface area contributed by atoms with Crippen molar-refractivity contribution in [2.75, 3.05) is 26.3 Å². The van der Waals surface area contributed by atoms with Crippen LogP contribution in [-0.2, 0) is 4.74 Å². The molecule has 0 aromatic heterocycles. The van der Waals surface area contributed by atoms with Crippen molar-refractivity contribution in [2.24, 2.45) is 5.73 Å². The topological polar surface area (TPSA) is 38.5 Å². The highest BCUT2D eigenvalue weighted by molar-refractivity contribution is 4.84. The van der Waals surface area contributed by atoms with E-state index in [0.717, 1.165) is 25.8 Å². The van der Waals surface area contributed by atoms with Crippen LogP contribution >= 0.6 is 0 Å². The summed E-state index contributed by atoms with van der Waals surface area (Å²) in [5, 5.41) is 0. The van der Waals surface area contributed by atoms with Gasteiger partial charge in [0.25, 0.3) is 0 Å². The first-order valence-corrected chi connectivity index (χ1v) is 6.45. The Labute approximate surface area is 93.0 Å². The smallest absolute Gasteiger partial charge is 0.0480 e. The van der Waals surface area contributed by atoms with E-state index in [0.29, 0.717) is 6.04 Å². The van der Waals surface area contributed by atoms with E-state index in [2.05, 4.69) is 4.90 Å². The molecule has 2 fully saturated rings. The molecule has 0 saturated carbocycles. The maximum Gasteiger partial charge on any atom is 0.0480 e. The molecule has 2 heterocycles. The van der Waals surface area contributed by atoms with Crippen LogP contribution in [0.5, 0.6) is 0 Å². The average molecular weight is 212 g/mol. The molecule has 0 radical (unpaired) electrons. The Morgan fingerprint density at radius 3 is 2.87 bits per heavy atom. The van der Waals surface area contributed by atoms with Gasteiger partial charge in [0.2, 0.25) is 0 Å². The van der Waals surface area contributed by atoms with Crippen molar-refractivity contribution in [1.29, 1.82) is 0 Å². The second kappa shape index (κ2) is 5.83. The van der Waals surface area contributed by atoms with Crippen molar-refractivity contribution in [3.05, 3.63) is 0 Å². The number of ether oxygens (including phenoxy) is 1. The Balaban J connectivity index is 1.92. The number of nitrogens with two attached hydrogens (primary N) is 1. The number of rotatable bonds is 2. The van der Waals surface area contributed by atoms with E-state index in [4.69, 9.17) is 10.5 Å². The van der Waals surface area contributed by atoms with Crippen molar-refractivity contribution in [3.8, 4) is 0 Å². The molecular weight excluding hydrogens is 188 g/mol. The van der Waals surface area contributed by atoms with Crippen LogP contribution < -0.4 is 5.73 Å². The van der Waals surface area contributed by atoms with Crippen LogP contribution in [0.15, 0.2) is 0 Å². The van der Waals surface area contributed by atoms with Gasteiger partial charge >= 0.3 is 0 Å². The van der Waals surface area contributed by atoms with E-state index in [9.17, 15) is 0 Å². The number of hydrogen-bond donors (Lipinski definition) is 1. The normalized spacial score (nSPS) is 35.0. The van der Waals surface area contributed by atoms with Gasteiger partial charge in [0.1, 0.15) is 0 Å². The third-order valence-corrected chi connectivity index (χ3v) is 3.84. The van der Waals surface area contributed by atoms with Crippen LogP contribution in [-0.4, -0.2) is 43.3 Å². The fourth-order valence-electron chi connectivity index (χ4n) is 2.98. The highest BCUT2D eigenvalue weighted by atomic mass is 16.5. The summed E-state index contributed by atoms with van der Waals surface area (Å²) in [6, 6.07) is 1.38. The maximum atomic E-state index is 5.87. The minimum absolute atomic E-state index is 0.641. The predicted octanol–water partition coefficient (Wildman–Crippen LogP) is 1.37. The Morgan fingerprint density at radius 2 is 2.00 bits per heavy atom. The van der Waals surface area contributed by atoms with Gasteiger partial charge in [-0.2, -0.15) is 0 Å². The summed E-state index contributed by atoms with van der Waals surface area (Å²) in [6.07, 6.45) is 7.74. The molecular formula is C12H24N2O. The first-order chi connectivity index (χ1) is 7.42. The second-order valence-corrected chi connectivity index (χ2v) is 4.82. The largest absolute Gasteiger partial charge is 0.381 e. The zero-order valence-corrected chi connectivity index (χ0v) is 9.66. The molecule has 0 spiro atoms. The fourth-order valence-corrected chi connectivity index (χ4v) is 2.98. The number of hydrogen-bond acceptors (Lipinski definition) is 3. The van der Waals surface area contributed by atoms with E-state index in [-0.39, 0.29) is 0 Å².